The summed E-state index contributed by atoms with van der Waals surface area (Å²) in [6.45, 7) is 3.47. The number of carbonyl (C=O) groups is 1. The van der Waals surface area contributed by atoms with Gasteiger partial charge in [0.15, 0.2) is 0 Å². The molecule has 0 unspecified atom stereocenters. The topological polar surface area (TPSA) is 42.0 Å². The fraction of sp³-hybridized carbons (Fsp3) is 0.100. The van der Waals surface area contributed by atoms with Crippen molar-refractivity contribution in [1.82, 2.24) is 4.98 Å². The van der Waals surface area contributed by atoms with Gasteiger partial charge in [-0.05, 0) is 43.7 Å². The first kappa shape index (κ1) is 15.9. The third-order valence-corrected chi connectivity index (χ3v) is 3.83. The number of hydrogen-bond donors (Lipinski definition) is 1. The van der Waals surface area contributed by atoms with E-state index in [-0.39, 0.29) is 11.7 Å². The fourth-order valence-electron chi connectivity index (χ4n) is 2.44. The van der Waals surface area contributed by atoms with Crippen LogP contribution < -0.4 is 5.32 Å². The lowest BCUT2D eigenvalue weighted by molar-refractivity contribution is 0.102. The van der Waals surface area contributed by atoms with Crippen molar-refractivity contribution < 1.29 is 9.18 Å². The van der Waals surface area contributed by atoms with E-state index >= 15 is 0 Å². The molecule has 0 fully saturated rings. The zero-order valence-electron chi connectivity index (χ0n) is 13.5. The van der Waals surface area contributed by atoms with Crippen LogP contribution in [0.3, 0.4) is 0 Å². The molecule has 4 heteroatoms. The van der Waals surface area contributed by atoms with Crippen LogP contribution in [-0.4, -0.2) is 10.9 Å². The Hall–Kier alpha value is -3.01. The van der Waals surface area contributed by atoms with E-state index in [2.05, 4.69) is 10.3 Å². The first-order chi connectivity index (χ1) is 11.5. The first-order valence-electron chi connectivity index (χ1n) is 7.65. The van der Waals surface area contributed by atoms with Gasteiger partial charge >= 0.3 is 0 Å². The largest absolute Gasteiger partial charge is 0.322 e. The number of aromatic nitrogens is 1. The average molecular weight is 320 g/mol. The van der Waals surface area contributed by atoms with Crippen molar-refractivity contribution in [3.05, 3.63) is 83.3 Å². The predicted octanol–water partition coefficient (Wildman–Crippen LogP) is 4.76. The Labute approximate surface area is 140 Å². The number of nitrogens with zero attached hydrogens (tertiary/aromatic N) is 1. The lowest BCUT2D eigenvalue weighted by Gasteiger charge is -2.10. The second kappa shape index (κ2) is 6.62. The highest BCUT2D eigenvalue weighted by molar-refractivity contribution is 6.05. The zero-order chi connectivity index (χ0) is 17.1. The highest BCUT2D eigenvalue weighted by Crippen LogP contribution is 2.20. The monoisotopic (exact) mass is 320 g/mol. The normalized spacial score (nSPS) is 10.5. The smallest absolute Gasteiger partial charge is 0.257 e. The molecule has 24 heavy (non-hydrogen) atoms. The zero-order valence-corrected chi connectivity index (χ0v) is 13.5. The van der Waals surface area contributed by atoms with Gasteiger partial charge in [0.1, 0.15) is 5.82 Å². The Morgan fingerprint density at radius 2 is 1.75 bits per heavy atom. The lowest BCUT2D eigenvalue weighted by Crippen LogP contribution is -2.14. The molecule has 3 aromatic rings. The van der Waals surface area contributed by atoms with E-state index in [4.69, 9.17) is 0 Å². The minimum absolute atomic E-state index is 0.303. The maximum absolute atomic E-state index is 13.6. The Kier molecular flexibility index (Phi) is 4.38. The van der Waals surface area contributed by atoms with Crippen molar-refractivity contribution in [1.29, 1.82) is 0 Å². The summed E-state index contributed by atoms with van der Waals surface area (Å²) in [6.07, 6.45) is 0. The molecule has 2 aromatic carbocycles. The summed E-state index contributed by atoms with van der Waals surface area (Å²) in [6, 6.07) is 17.9. The highest BCUT2D eigenvalue weighted by atomic mass is 19.1. The predicted molar refractivity (Wildman–Crippen MR) is 93.5 cm³/mol. The summed E-state index contributed by atoms with van der Waals surface area (Å²) < 4.78 is 13.6. The molecule has 0 radical (unpaired) electrons. The van der Waals surface area contributed by atoms with Gasteiger partial charge in [0.05, 0.1) is 17.0 Å². The number of rotatable bonds is 3. The minimum atomic E-state index is -0.345. The lowest BCUT2D eigenvalue weighted by atomic mass is 10.1. The second-order valence-electron chi connectivity index (χ2n) is 5.61. The molecule has 0 atom stereocenters. The quantitative estimate of drug-likeness (QED) is 0.756. The van der Waals surface area contributed by atoms with E-state index in [1.165, 1.54) is 6.07 Å². The Bertz CT molecular complexity index is 891. The van der Waals surface area contributed by atoms with Gasteiger partial charge in [-0.2, -0.15) is 0 Å². The van der Waals surface area contributed by atoms with Crippen LogP contribution in [0.25, 0.3) is 11.3 Å². The number of pyridine rings is 1. The van der Waals surface area contributed by atoms with E-state index in [0.29, 0.717) is 22.5 Å². The number of aryl methyl sites for hydroxylation is 2. The van der Waals surface area contributed by atoms with Crippen LogP contribution in [0.4, 0.5) is 10.1 Å². The Balaban J connectivity index is 1.84. The Morgan fingerprint density at radius 3 is 2.42 bits per heavy atom. The second-order valence-corrected chi connectivity index (χ2v) is 5.61. The molecule has 0 aliphatic heterocycles. The van der Waals surface area contributed by atoms with Crippen LogP contribution in [0.2, 0.25) is 0 Å². The van der Waals surface area contributed by atoms with Gasteiger partial charge in [0, 0.05) is 11.3 Å². The maximum atomic E-state index is 13.6. The van der Waals surface area contributed by atoms with Crippen LogP contribution in [0.15, 0.2) is 60.7 Å². The fourth-order valence-corrected chi connectivity index (χ4v) is 2.44. The van der Waals surface area contributed by atoms with Crippen LogP contribution in [0.1, 0.15) is 21.6 Å². The third-order valence-electron chi connectivity index (χ3n) is 3.83. The van der Waals surface area contributed by atoms with Gasteiger partial charge in [0.2, 0.25) is 0 Å². The summed E-state index contributed by atoms with van der Waals surface area (Å²) in [7, 11) is 0. The van der Waals surface area contributed by atoms with E-state index in [1.54, 1.807) is 32.0 Å². The third kappa shape index (κ3) is 3.33. The number of nitrogens with one attached hydrogen (secondary N) is 1. The Morgan fingerprint density at radius 1 is 1.00 bits per heavy atom. The minimum Gasteiger partial charge on any atom is -0.322 e. The van der Waals surface area contributed by atoms with E-state index in [1.807, 2.05) is 36.4 Å². The van der Waals surface area contributed by atoms with Gasteiger partial charge in [-0.15, -0.1) is 0 Å². The number of carbonyl (C=O) groups excluding carboxylic acids is 1. The van der Waals surface area contributed by atoms with Gasteiger partial charge < -0.3 is 5.32 Å². The van der Waals surface area contributed by atoms with E-state index in [9.17, 15) is 9.18 Å². The molecular weight excluding hydrogens is 303 g/mol. The summed E-state index contributed by atoms with van der Waals surface area (Å²) >= 11 is 0. The van der Waals surface area contributed by atoms with Crippen LogP contribution in [0.5, 0.6) is 0 Å². The van der Waals surface area contributed by atoms with Crippen molar-refractivity contribution in [3.8, 4) is 11.3 Å². The van der Waals surface area contributed by atoms with Crippen molar-refractivity contribution in [2.45, 2.75) is 13.8 Å². The van der Waals surface area contributed by atoms with Crippen LogP contribution in [0, 0.1) is 19.7 Å². The molecule has 0 spiro atoms. The number of amides is 1. The van der Waals surface area contributed by atoms with E-state index < -0.39 is 0 Å². The molecular formula is C20H17FN2O. The van der Waals surface area contributed by atoms with Crippen molar-refractivity contribution >= 4 is 11.6 Å². The van der Waals surface area contributed by atoms with Gasteiger partial charge in [0.25, 0.3) is 5.91 Å². The summed E-state index contributed by atoms with van der Waals surface area (Å²) in [5.41, 5.74) is 3.86. The van der Waals surface area contributed by atoms with Gasteiger partial charge in [-0.25, -0.2) is 4.39 Å². The van der Waals surface area contributed by atoms with Gasteiger partial charge in [-0.3, -0.25) is 9.78 Å². The maximum Gasteiger partial charge on any atom is 0.257 e. The van der Waals surface area contributed by atoms with Crippen molar-refractivity contribution in [3.63, 3.8) is 0 Å². The number of benzene rings is 2. The average Bonchev–Trinajstić information content (AvgIpc) is 2.59. The number of halogens is 1. The number of hydrogen-bond acceptors (Lipinski definition) is 2. The molecule has 3 nitrogen and oxygen atoms in total. The van der Waals surface area contributed by atoms with Crippen molar-refractivity contribution in [2.24, 2.45) is 0 Å². The SMILES string of the molecule is Cc1ccc(NC(=O)c2ccc(-c3ccccc3)nc2C)cc1F. The summed E-state index contributed by atoms with van der Waals surface area (Å²) in [5.74, 6) is -0.648. The molecule has 0 saturated carbocycles. The molecule has 0 aliphatic rings. The molecule has 120 valence electrons. The summed E-state index contributed by atoms with van der Waals surface area (Å²) in [5, 5.41) is 2.71. The molecule has 0 saturated heterocycles. The first-order valence-corrected chi connectivity index (χ1v) is 7.65. The number of anilines is 1. The molecule has 0 bridgehead atoms. The molecule has 1 N–H and O–H groups in total. The molecule has 3 rings (SSSR count). The summed E-state index contributed by atoms with van der Waals surface area (Å²) in [4.78, 5) is 16.9. The molecule has 1 heterocycles. The van der Waals surface area contributed by atoms with Gasteiger partial charge in [-0.1, -0.05) is 36.4 Å². The highest BCUT2D eigenvalue weighted by Gasteiger charge is 2.12. The van der Waals surface area contributed by atoms with Crippen LogP contribution >= 0.6 is 0 Å². The van der Waals surface area contributed by atoms with Crippen LogP contribution in [-0.2, 0) is 0 Å². The van der Waals surface area contributed by atoms with Crippen molar-refractivity contribution in [2.75, 3.05) is 5.32 Å². The molecule has 0 aliphatic carbocycles. The molecule has 1 aromatic heterocycles. The molecule has 1 amide bonds. The standard InChI is InChI=1S/C20H17FN2O/c1-13-8-9-16(12-18(13)21)23-20(24)17-10-11-19(22-14(17)2)15-6-4-3-5-7-15/h3-12H,1-2H3,(H,23,24). The van der Waals surface area contributed by atoms with E-state index in [0.717, 1.165) is 11.3 Å².